The van der Waals surface area contributed by atoms with Crippen molar-refractivity contribution in [2.45, 2.75) is 33.0 Å². The SMILES string of the molecule is Cc1nn(-c2ccc(F)cc2)c(Cl)c1C(=O)OCC(=O)N1C[C@@H](C)O[C@H](C)C1. The van der Waals surface area contributed by atoms with E-state index in [1.807, 2.05) is 13.8 Å². The molecule has 0 N–H and O–H groups in total. The molecule has 28 heavy (non-hydrogen) atoms. The molecule has 150 valence electrons. The summed E-state index contributed by atoms with van der Waals surface area (Å²) in [7, 11) is 0. The van der Waals surface area contributed by atoms with Gasteiger partial charge in [-0.05, 0) is 45.0 Å². The first kappa shape index (κ1) is 20.3. The predicted molar refractivity (Wildman–Crippen MR) is 100 cm³/mol. The number of benzene rings is 1. The van der Waals surface area contributed by atoms with Crippen LogP contribution in [0.1, 0.15) is 29.9 Å². The smallest absolute Gasteiger partial charge is 0.343 e. The van der Waals surface area contributed by atoms with E-state index in [0.717, 1.165) is 0 Å². The number of amides is 1. The van der Waals surface area contributed by atoms with Gasteiger partial charge in [0.1, 0.15) is 16.5 Å². The summed E-state index contributed by atoms with van der Waals surface area (Å²) in [5, 5.41) is 4.25. The zero-order valence-corrected chi connectivity index (χ0v) is 16.6. The van der Waals surface area contributed by atoms with Gasteiger partial charge in [-0.2, -0.15) is 5.10 Å². The molecule has 3 rings (SSSR count). The van der Waals surface area contributed by atoms with E-state index in [-0.39, 0.29) is 28.8 Å². The van der Waals surface area contributed by atoms with Crippen molar-refractivity contribution in [1.29, 1.82) is 0 Å². The molecular weight excluding hydrogens is 389 g/mol. The van der Waals surface area contributed by atoms with Crippen LogP contribution in [-0.2, 0) is 14.3 Å². The Morgan fingerprint density at radius 2 is 1.86 bits per heavy atom. The van der Waals surface area contributed by atoms with Crippen molar-refractivity contribution in [1.82, 2.24) is 14.7 Å². The molecule has 1 amide bonds. The fourth-order valence-corrected chi connectivity index (χ4v) is 3.51. The van der Waals surface area contributed by atoms with E-state index >= 15 is 0 Å². The van der Waals surface area contributed by atoms with Crippen LogP contribution in [0.5, 0.6) is 0 Å². The zero-order valence-electron chi connectivity index (χ0n) is 15.8. The third kappa shape index (κ3) is 4.34. The average molecular weight is 410 g/mol. The summed E-state index contributed by atoms with van der Waals surface area (Å²) in [6.45, 7) is 5.88. The number of hydrogen-bond acceptors (Lipinski definition) is 5. The summed E-state index contributed by atoms with van der Waals surface area (Å²) < 4.78 is 25.2. The van der Waals surface area contributed by atoms with Crippen LogP contribution in [0.4, 0.5) is 4.39 Å². The average Bonchev–Trinajstić information content (AvgIpc) is 2.93. The second-order valence-corrected chi connectivity index (χ2v) is 7.13. The summed E-state index contributed by atoms with van der Waals surface area (Å²) in [4.78, 5) is 26.5. The normalized spacial score (nSPS) is 19.5. The van der Waals surface area contributed by atoms with Gasteiger partial charge in [-0.3, -0.25) is 4.79 Å². The first-order chi connectivity index (χ1) is 13.3. The quantitative estimate of drug-likeness (QED) is 0.726. The van der Waals surface area contributed by atoms with Gasteiger partial charge in [-0.1, -0.05) is 11.6 Å². The van der Waals surface area contributed by atoms with Crippen LogP contribution < -0.4 is 0 Å². The van der Waals surface area contributed by atoms with Crippen LogP contribution in [0.2, 0.25) is 5.15 Å². The Hall–Kier alpha value is -2.45. The number of esters is 1. The number of rotatable bonds is 4. The van der Waals surface area contributed by atoms with Gasteiger partial charge in [0.15, 0.2) is 6.61 Å². The molecule has 0 aliphatic carbocycles. The third-order valence-corrected chi connectivity index (χ3v) is 4.73. The minimum atomic E-state index is -0.737. The number of morpholine rings is 1. The molecule has 2 aromatic rings. The summed E-state index contributed by atoms with van der Waals surface area (Å²) in [5.74, 6) is -1.43. The monoisotopic (exact) mass is 409 g/mol. The number of carbonyl (C=O) groups is 2. The molecule has 1 saturated heterocycles. The number of aryl methyl sites for hydroxylation is 1. The Morgan fingerprint density at radius 3 is 2.46 bits per heavy atom. The molecule has 1 fully saturated rings. The van der Waals surface area contributed by atoms with E-state index < -0.39 is 18.4 Å². The number of halogens is 2. The van der Waals surface area contributed by atoms with Gasteiger partial charge in [0.25, 0.3) is 5.91 Å². The van der Waals surface area contributed by atoms with Crippen molar-refractivity contribution in [3.8, 4) is 5.69 Å². The lowest BCUT2D eigenvalue weighted by atomic mass is 10.2. The number of aromatic nitrogens is 2. The first-order valence-electron chi connectivity index (χ1n) is 8.87. The minimum absolute atomic E-state index is 0.0372. The number of hydrogen-bond donors (Lipinski definition) is 0. The zero-order chi connectivity index (χ0) is 20.4. The molecule has 2 atom stereocenters. The summed E-state index contributed by atoms with van der Waals surface area (Å²) >= 11 is 6.30. The first-order valence-corrected chi connectivity index (χ1v) is 9.25. The van der Waals surface area contributed by atoms with Crippen molar-refractivity contribution in [2.24, 2.45) is 0 Å². The Kier molecular flexibility index (Phi) is 6.00. The molecule has 0 saturated carbocycles. The van der Waals surface area contributed by atoms with Crippen molar-refractivity contribution >= 4 is 23.5 Å². The Morgan fingerprint density at radius 1 is 1.25 bits per heavy atom. The number of carbonyl (C=O) groups excluding carboxylic acids is 2. The van der Waals surface area contributed by atoms with Crippen molar-refractivity contribution < 1.29 is 23.5 Å². The highest BCUT2D eigenvalue weighted by molar-refractivity contribution is 6.33. The molecular formula is C19H21ClFN3O4. The topological polar surface area (TPSA) is 73.7 Å². The second-order valence-electron chi connectivity index (χ2n) is 6.77. The highest BCUT2D eigenvalue weighted by Gasteiger charge is 2.28. The van der Waals surface area contributed by atoms with Gasteiger partial charge in [0.05, 0.1) is 23.6 Å². The van der Waals surface area contributed by atoms with Crippen LogP contribution in [0.15, 0.2) is 24.3 Å². The van der Waals surface area contributed by atoms with Gasteiger partial charge in [0, 0.05) is 13.1 Å². The lowest BCUT2D eigenvalue weighted by Gasteiger charge is -2.35. The maximum Gasteiger partial charge on any atom is 0.343 e. The van der Waals surface area contributed by atoms with E-state index in [1.165, 1.54) is 28.9 Å². The van der Waals surface area contributed by atoms with Gasteiger partial charge in [-0.25, -0.2) is 13.9 Å². The van der Waals surface area contributed by atoms with Gasteiger partial charge < -0.3 is 14.4 Å². The highest BCUT2D eigenvalue weighted by Crippen LogP contribution is 2.24. The molecule has 1 aromatic carbocycles. The molecule has 1 aromatic heterocycles. The highest BCUT2D eigenvalue weighted by atomic mass is 35.5. The summed E-state index contributed by atoms with van der Waals surface area (Å²) in [6, 6.07) is 5.52. The lowest BCUT2D eigenvalue weighted by molar-refractivity contribution is -0.146. The fraction of sp³-hybridized carbons (Fsp3) is 0.421. The largest absolute Gasteiger partial charge is 0.452 e. The molecule has 7 nitrogen and oxygen atoms in total. The van der Waals surface area contributed by atoms with Gasteiger partial charge in [-0.15, -0.1) is 0 Å². The molecule has 0 bridgehead atoms. The maximum atomic E-state index is 13.1. The van der Waals surface area contributed by atoms with Crippen LogP contribution >= 0.6 is 11.6 Å². The van der Waals surface area contributed by atoms with Crippen molar-refractivity contribution in [3.05, 3.63) is 46.5 Å². The minimum Gasteiger partial charge on any atom is -0.452 e. The predicted octanol–water partition coefficient (Wildman–Crippen LogP) is 2.77. The Labute approximate surface area is 167 Å². The van der Waals surface area contributed by atoms with Crippen LogP contribution in [-0.4, -0.2) is 58.5 Å². The van der Waals surface area contributed by atoms with Crippen LogP contribution in [0.25, 0.3) is 5.69 Å². The number of nitrogens with zero attached hydrogens (tertiary/aromatic N) is 3. The summed E-state index contributed by atoms with van der Waals surface area (Å²) in [6.07, 6.45) is -0.150. The van der Waals surface area contributed by atoms with E-state index in [1.54, 1.807) is 11.8 Å². The van der Waals surface area contributed by atoms with Crippen LogP contribution in [0.3, 0.4) is 0 Å². The van der Waals surface area contributed by atoms with Crippen LogP contribution in [0, 0.1) is 12.7 Å². The van der Waals surface area contributed by atoms with Crippen molar-refractivity contribution in [3.63, 3.8) is 0 Å². The Balaban J connectivity index is 1.69. The standard InChI is InChI=1S/C19H21ClFN3O4/c1-11-8-23(9-12(2)28-11)16(25)10-27-19(26)17-13(3)22-24(18(17)20)15-6-4-14(21)5-7-15/h4-7,11-12H,8-10H2,1-3H3/t11-,12-/m1/s1. The molecule has 2 heterocycles. The molecule has 1 aliphatic rings. The molecule has 0 unspecified atom stereocenters. The maximum absolute atomic E-state index is 13.1. The number of ether oxygens (including phenoxy) is 2. The molecule has 9 heteroatoms. The Bertz CT molecular complexity index is 874. The van der Waals surface area contributed by atoms with E-state index in [2.05, 4.69) is 5.10 Å². The van der Waals surface area contributed by atoms with Gasteiger partial charge in [0.2, 0.25) is 0 Å². The van der Waals surface area contributed by atoms with E-state index in [4.69, 9.17) is 21.1 Å². The fourth-order valence-electron chi connectivity index (χ4n) is 3.16. The van der Waals surface area contributed by atoms with E-state index in [0.29, 0.717) is 24.5 Å². The van der Waals surface area contributed by atoms with Crippen molar-refractivity contribution in [2.75, 3.05) is 19.7 Å². The van der Waals surface area contributed by atoms with Gasteiger partial charge >= 0.3 is 5.97 Å². The molecule has 0 spiro atoms. The lowest BCUT2D eigenvalue weighted by Crippen LogP contribution is -2.49. The second kappa shape index (κ2) is 8.28. The summed E-state index contributed by atoms with van der Waals surface area (Å²) in [5.41, 5.74) is 0.920. The molecule has 0 radical (unpaired) electrons. The molecule has 1 aliphatic heterocycles. The van der Waals surface area contributed by atoms with E-state index in [9.17, 15) is 14.0 Å². The third-order valence-electron chi connectivity index (χ3n) is 4.38.